The monoisotopic (exact) mass is 1050 g/mol. The fourth-order valence-corrected chi connectivity index (χ4v) is 7.75. The van der Waals surface area contributed by atoms with Crippen LogP contribution >= 0.6 is 12.6 Å². The summed E-state index contributed by atoms with van der Waals surface area (Å²) >= 11 is 4.17. The third-order valence-corrected chi connectivity index (χ3v) is 12.1. The van der Waals surface area contributed by atoms with E-state index in [0.29, 0.717) is 18.4 Å². The van der Waals surface area contributed by atoms with Gasteiger partial charge in [-0.2, -0.15) is 12.6 Å². The molecule has 1 fully saturated rings. The molecule has 1 aromatic carbocycles. The Morgan fingerprint density at radius 3 is 1.78 bits per heavy atom. The van der Waals surface area contributed by atoms with Gasteiger partial charge in [0.25, 0.3) is 0 Å². The molecule has 1 saturated heterocycles. The molecule has 17 N–H and O–H groups in total. The summed E-state index contributed by atoms with van der Waals surface area (Å²) in [5.74, 6) is -11.3. The van der Waals surface area contributed by atoms with Crippen molar-refractivity contribution in [2.75, 3.05) is 18.8 Å². The number of phenols is 1. The Bertz CT molecular complexity index is 2160. The molecular weight excluding hydrogens is 975 g/mol. The largest absolute Gasteiger partial charge is 0.508 e. The van der Waals surface area contributed by atoms with Crippen molar-refractivity contribution in [2.45, 2.75) is 147 Å². The normalized spacial score (nSPS) is 16.8. The number of aromatic hydroxyl groups is 1. The lowest BCUT2D eigenvalue weighted by molar-refractivity contribution is -0.142. The smallest absolute Gasteiger partial charge is 0.245 e. The number of carbonyl (C=O) groups is 12. The number of nitrogens with one attached hydrogen (secondary N) is 8. The predicted molar refractivity (Wildman–Crippen MR) is 267 cm³/mol. The number of rotatable bonds is 30. The van der Waals surface area contributed by atoms with Crippen molar-refractivity contribution >= 4 is 83.5 Å². The molecule has 1 aliphatic heterocycles. The summed E-state index contributed by atoms with van der Waals surface area (Å²) in [6.45, 7) is 9.42. The Labute approximate surface area is 428 Å². The van der Waals surface area contributed by atoms with Crippen LogP contribution in [0.3, 0.4) is 0 Å². The summed E-state index contributed by atoms with van der Waals surface area (Å²) in [5.41, 5.74) is 22.2. The first-order chi connectivity index (χ1) is 34.2. The SMILES string of the molecule is CC[C@H](C)[C@H](NC(=O)[C@H](Cc1ccc(O)cc1)NC(=O)[C@H](C)N)C(=O)N[C@@H](CCC(N)=O)C(=O)N[C@@H](CC(N)=O)C(=O)N[C@@H](CS)C(=O)N[C@@H](C)C(=O)N1CCC[C@H]1C(=O)N[C@@H](CC(C)C)C(=O)NCC(N)=O. The number of hydrogen-bond donors (Lipinski definition) is 14. The van der Waals surface area contributed by atoms with Crippen molar-refractivity contribution in [3.05, 3.63) is 29.8 Å². The maximum atomic E-state index is 14.0. The van der Waals surface area contributed by atoms with Crippen molar-refractivity contribution in [3.8, 4) is 5.75 Å². The highest BCUT2D eigenvalue weighted by Crippen LogP contribution is 2.20. The molecule has 1 aliphatic rings. The Balaban J connectivity index is 2.27. The summed E-state index contributed by atoms with van der Waals surface area (Å²) in [4.78, 5) is 158. The molecule has 1 aromatic rings. The fourth-order valence-electron chi connectivity index (χ4n) is 7.50. The molecule has 26 nitrogen and oxygen atoms in total. The summed E-state index contributed by atoms with van der Waals surface area (Å²) < 4.78 is 0. The second-order valence-corrected chi connectivity index (χ2v) is 18.8. The molecule has 0 aromatic heterocycles. The van der Waals surface area contributed by atoms with Gasteiger partial charge in [-0.3, -0.25) is 57.5 Å². The van der Waals surface area contributed by atoms with E-state index in [1.54, 1.807) is 13.8 Å². The summed E-state index contributed by atoms with van der Waals surface area (Å²) in [7, 11) is 0. The van der Waals surface area contributed by atoms with Gasteiger partial charge in [-0.25, -0.2) is 0 Å². The quantitative estimate of drug-likeness (QED) is 0.0323. The zero-order valence-corrected chi connectivity index (χ0v) is 42.9. The van der Waals surface area contributed by atoms with Gasteiger partial charge >= 0.3 is 0 Å². The molecule has 0 bridgehead atoms. The number of primary amides is 3. The van der Waals surface area contributed by atoms with Crippen LogP contribution in [0, 0.1) is 11.8 Å². The number of phenolic OH excluding ortho intramolecular Hbond substituents is 1. The van der Waals surface area contributed by atoms with Gasteiger partial charge in [0.05, 0.1) is 19.0 Å². The topological polar surface area (TPSA) is 429 Å². The first-order valence-corrected chi connectivity index (χ1v) is 24.5. The number of hydrogen-bond acceptors (Lipinski definition) is 15. The third-order valence-electron chi connectivity index (χ3n) is 11.7. The van der Waals surface area contributed by atoms with Crippen molar-refractivity contribution in [1.29, 1.82) is 0 Å². The molecule has 0 spiro atoms. The van der Waals surface area contributed by atoms with Crippen molar-refractivity contribution in [3.63, 3.8) is 0 Å². The van der Waals surface area contributed by atoms with E-state index < -0.39 is 157 Å². The van der Waals surface area contributed by atoms with Crippen LogP contribution in [0.5, 0.6) is 5.75 Å². The first-order valence-electron chi connectivity index (χ1n) is 23.9. The highest BCUT2D eigenvalue weighted by atomic mass is 32.1. The summed E-state index contributed by atoms with van der Waals surface area (Å²) in [5, 5.41) is 29.6. The van der Waals surface area contributed by atoms with Gasteiger partial charge in [0.15, 0.2) is 0 Å². The molecule has 0 saturated carbocycles. The van der Waals surface area contributed by atoms with E-state index in [-0.39, 0.29) is 43.2 Å². The summed E-state index contributed by atoms with van der Waals surface area (Å²) in [6, 6.07) is -6.04. The lowest BCUT2D eigenvalue weighted by atomic mass is 9.96. The number of thiol groups is 1. The highest BCUT2D eigenvalue weighted by molar-refractivity contribution is 7.80. The van der Waals surface area contributed by atoms with Crippen LogP contribution in [0.2, 0.25) is 0 Å². The molecule has 10 atom stereocenters. The summed E-state index contributed by atoms with van der Waals surface area (Å²) in [6.07, 6.45) is -0.613. The standard InChI is InChI=1S/C46H73N13O13S/c1-7-23(4)37(58-42(68)30(54-38(64)24(5)47)18-26-10-12-27(60)13-11-26)45(71)53-28(14-15-34(48)61)40(66)55-31(19-35(49)62)41(67)57-32(21-73)43(69)52-25(6)46(72)59-16-8-9-33(59)44(70)56-29(17-22(2)3)39(65)51-20-36(50)63/h10-13,22-25,28-33,37,60,73H,7-9,14-21,47H2,1-6H3,(H2,48,61)(H2,49,62)(H2,50,63)(H,51,65)(H,52,69)(H,53,71)(H,54,64)(H,55,66)(H,56,70)(H,57,67)(H,58,68)/t23-,24-,25-,28-,29-,30-,31-,32-,33-,37-/m0/s1. The van der Waals surface area contributed by atoms with E-state index >= 15 is 0 Å². The van der Waals surface area contributed by atoms with Crippen LogP contribution < -0.4 is 65.5 Å². The number of benzene rings is 1. The van der Waals surface area contributed by atoms with Crippen LogP contribution in [-0.4, -0.2) is 154 Å². The van der Waals surface area contributed by atoms with E-state index in [4.69, 9.17) is 22.9 Å². The zero-order chi connectivity index (χ0) is 55.3. The van der Waals surface area contributed by atoms with Gasteiger partial charge in [-0.05, 0) is 69.1 Å². The van der Waals surface area contributed by atoms with Gasteiger partial charge in [0.2, 0.25) is 70.9 Å². The van der Waals surface area contributed by atoms with Crippen LogP contribution in [0.4, 0.5) is 0 Å². The number of likely N-dealkylation sites (tertiary alicyclic amines) is 1. The number of amides is 12. The van der Waals surface area contributed by atoms with Crippen molar-refractivity contribution < 1.29 is 62.6 Å². The van der Waals surface area contributed by atoms with Gasteiger partial charge in [0.1, 0.15) is 54.1 Å². The van der Waals surface area contributed by atoms with E-state index in [2.05, 4.69) is 55.2 Å². The van der Waals surface area contributed by atoms with Crippen LogP contribution in [0.1, 0.15) is 92.1 Å². The minimum atomic E-state index is -1.78. The molecule has 0 aliphatic carbocycles. The molecule has 2 rings (SSSR count). The minimum Gasteiger partial charge on any atom is -0.508 e. The molecular formula is C46H73N13O13S. The molecule has 27 heteroatoms. The second kappa shape index (κ2) is 30.1. The van der Waals surface area contributed by atoms with Crippen LogP contribution in [0.15, 0.2) is 24.3 Å². The molecule has 0 unspecified atom stereocenters. The Morgan fingerprint density at radius 2 is 1.23 bits per heavy atom. The minimum absolute atomic E-state index is 0.0411. The van der Waals surface area contributed by atoms with E-state index in [9.17, 15) is 62.6 Å². The van der Waals surface area contributed by atoms with Gasteiger partial charge in [-0.1, -0.05) is 46.2 Å². The molecule has 0 radical (unpaired) electrons. The Hall–Kier alpha value is -7.03. The van der Waals surface area contributed by atoms with E-state index in [1.807, 2.05) is 13.8 Å². The third kappa shape index (κ3) is 20.9. The molecule has 73 heavy (non-hydrogen) atoms. The maximum absolute atomic E-state index is 14.0. The van der Waals surface area contributed by atoms with Gasteiger partial charge in [0, 0.05) is 25.1 Å². The van der Waals surface area contributed by atoms with E-state index in [1.165, 1.54) is 43.0 Å². The lowest BCUT2D eigenvalue weighted by Crippen LogP contribution is -2.61. The molecule has 1 heterocycles. The predicted octanol–water partition coefficient (Wildman–Crippen LogP) is -4.55. The molecule has 12 amide bonds. The van der Waals surface area contributed by atoms with E-state index in [0.717, 1.165) is 0 Å². The first kappa shape index (κ1) is 62.1. The number of nitrogens with zero attached hydrogens (tertiary/aromatic N) is 1. The zero-order valence-electron chi connectivity index (χ0n) is 42.0. The van der Waals surface area contributed by atoms with Crippen LogP contribution in [0.25, 0.3) is 0 Å². The average Bonchev–Trinajstić information content (AvgIpc) is 3.82. The lowest BCUT2D eigenvalue weighted by Gasteiger charge is -2.30. The molecule has 406 valence electrons. The highest BCUT2D eigenvalue weighted by Gasteiger charge is 2.39. The van der Waals surface area contributed by atoms with Crippen LogP contribution in [-0.2, 0) is 64.0 Å². The van der Waals surface area contributed by atoms with Gasteiger partial charge < -0.3 is 75.5 Å². The van der Waals surface area contributed by atoms with Gasteiger partial charge in [-0.15, -0.1) is 0 Å². The number of carbonyl (C=O) groups excluding carboxylic acids is 12. The van der Waals surface area contributed by atoms with Crippen molar-refractivity contribution in [2.24, 2.45) is 34.8 Å². The Morgan fingerprint density at radius 1 is 0.671 bits per heavy atom. The fraction of sp³-hybridized carbons (Fsp3) is 0.609. The second-order valence-electron chi connectivity index (χ2n) is 18.4. The average molecular weight is 1050 g/mol. The maximum Gasteiger partial charge on any atom is 0.245 e. The number of nitrogens with two attached hydrogens (primary N) is 4. The van der Waals surface area contributed by atoms with Crippen molar-refractivity contribution in [1.82, 2.24) is 47.4 Å². The Kier molecular flexibility index (Phi) is 25.6.